The van der Waals surface area contributed by atoms with E-state index in [-0.39, 0.29) is 0 Å². The van der Waals surface area contributed by atoms with Gasteiger partial charge in [-0.1, -0.05) is 0 Å². The Morgan fingerprint density at radius 2 is 2.11 bits per heavy atom. The van der Waals surface area contributed by atoms with Crippen LogP contribution in [0, 0.1) is 5.92 Å². The monoisotopic (exact) mass is 313 g/mol. The van der Waals surface area contributed by atoms with Crippen molar-refractivity contribution in [1.82, 2.24) is 14.9 Å². The number of anilines is 2. The maximum Gasteiger partial charge on any atom is 0.222 e. The Bertz CT molecular complexity index is 401. The van der Waals surface area contributed by atoms with Crippen molar-refractivity contribution in [1.29, 1.82) is 0 Å². The molecular weight excluding hydrogens is 294 g/mol. The third-order valence-corrected chi connectivity index (χ3v) is 3.84. The second-order valence-corrected chi connectivity index (χ2v) is 5.95. The van der Waals surface area contributed by atoms with Crippen LogP contribution in [-0.2, 0) is 0 Å². The van der Waals surface area contributed by atoms with E-state index < -0.39 is 0 Å². The fourth-order valence-corrected chi connectivity index (χ4v) is 2.88. The second kappa shape index (κ2) is 5.84. The average Bonchev–Trinajstić information content (AvgIpc) is 2.33. The molecule has 0 atom stereocenters. The molecule has 0 aromatic carbocycles. The molecule has 0 bridgehead atoms. The molecule has 1 aromatic heterocycles. The highest BCUT2D eigenvalue weighted by molar-refractivity contribution is 9.10. The smallest absolute Gasteiger partial charge is 0.222 e. The summed E-state index contributed by atoms with van der Waals surface area (Å²) in [5.74, 6) is 2.05. The van der Waals surface area contributed by atoms with Gasteiger partial charge in [-0.05, 0) is 48.8 Å². The first-order valence-corrected chi connectivity index (χ1v) is 7.03. The zero-order valence-electron chi connectivity index (χ0n) is 10.9. The van der Waals surface area contributed by atoms with Gasteiger partial charge in [-0.15, -0.1) is 0 Å². The first-order valence-electron chi connectivity index (χ1n) is 6.24. The van der Waals surface area contributed by atoms with E-state index in [9.17, 15) is 0 Å². The lowest BCUT2D eigenvalue weighted by Crippen LogP contribution is -2.37. The van der Waals surface area contributed by atoms with Gasteiger partial charge in [0.2, 0.25) is 5.95 Å². The minimum absolute atomic E-state index is 0.337. The fourth-order valence-electron chi connectivity index (χ4n) is 2.44. The number of hydrogen-bond acceptors (Lipinski definition) is 5. The Hall–Kier alpha value is -0.880. The third-order valence-electron chi connectivity index (χ3n) is 3.28. The molecule has 2 rings (SSSR count). The minimum atomic E-state index is 0.337. The summed E-state index contributed by atoms with van der Waals surface area (Å²) < 4.78 is 0.919. The van der Waals surface area contributed by atoms with Crippen LogP contribution >= 0.6 is 15.9 Å². The van der Waals surface area contributed by atoms with Gasteiger partial charge in [-0.25, -0.2) is 4.98 Å². The molecule has 1 aliphatic heterocycles. The van der Waals surface area contributed by atoms with Crippen molar-refractivity contribution in [2.75, 3.05) is 44.4 Å². The number of nitrogens with two attached hydrogens (primary N) is 1. The second-order valence-electron chi connectivity index (χ2n) is 5.09. The van der Waals surface area contributed by atoms with Gasteiger partial charge in [-0.2, -0.15) is 4.98 Å². The van der Waals surface area contributed by atoms with Crippen LogP contribution in [0.2, 0.25) is 0 Å². The Morgan fingerprint density at radius 1 is 1.44 bits per heavy atom. The molecule has 0 unspecified atom stereocenters. The lowest BCUT2D eigenvalue weighted by Gasteiger charge is -2.34. The Labute approximate surface area is 117 Å². The topological polar surface area (TPSA) is 58.3 Å². The van der Waals surface area contributed by atoms with Crippen molar-refractivity contribution in [2.24, 2.45) is 5.92 Å². The van der Waals surface area contributed by atoms with Crippen molar-refractivity contribution in [2.45, 2.75) is 12.8 Å². The van der Waals surface area contributed by atoms with Gasteiger partial charge in [0.15, 0.2) is 0 Å². The summed E-state index contributed by atoms with van der Waals surface area (Å²) in [7, 11) is 4.27. The molecule has 0 aliphatic carbocycles. The highest BCUT2D eigenvalue weighted by Crippen LogP contribution is 2.28. The number of rotatable bonds is 3. The van der Waals surface area contributed by atoms with Crippen LogP contribution in [0.3, 0.4) is 0 Å². The normalized spacial score (nSPS) is 17.4. The summed E-state index contributed by atoms with van der Waals surface area (Å²) in [6, 6.07) is 0. The summed E-state index contributed by atoms with van der Waals surface area (Å²) >= 11 is 3.49. The van der Waals surface area contributed by atoms with Gasteiger partial charge in [0.05, 0.1) is 4.47 Å². The van der Waals surface area contributed by atoms with Crippen LogP contribution < -0.4 is 10.6 Å². The summed E-state index contributed by atoms with van der Waals surface area (Å²) in [4.78, 5) is 12.8. The SMILES string of the molecule is CN(C)CC1CCN(c2nc(N)ncc2Br)CC1. The highest BCUT2D eigenvalue weighted by Gasteiger charge is 2.22. The van der Waals surface area contributed by atoms with Gasteiger partial charge < -0.3 is 15.5 Å². The standard InChI is InChI=1S/C12H20BrN5/c1-17(2)8-9-3-5-18(6-4-9)11-10(13)7-15-12(14)16-11/h7,9H,3-6,8H2,1-2H3,(H2,14,15,16). The van der Waals surface area contributed by atoms with E-state index in [1.807, 2.05) is 0 Å². The molecule has 0 radical (unpaired) electrons. The number of piperidine rings is 1. The van der Waals surface area contributed by atoms with Crippen LogP contribution in [0.5, 0.6) is 0 Å². The molecule has 1 fully saturated rings. The van der Waals surface area contributed by atoms with E-state index >= 15 is 0 Å². The predicted molar refractivity (Wildman–Crippen MR) is 77.6 cm³/mol. The lowest BCUT2D eigenvalue weighted by atomic mass is 9.96. The largest absolute Gasteiger partial charge is 0.368 e. The van der Waals surface area contributed by atoms with Gasteiger partial charge in [0, 0.05) is 25.8 Å². The Morgan fingerprint density at radius 3 is 2.72 bits per heavy atom. The number of aromatic nitrogens is 2. The lowest BCUT2D eigenvalue weighted by molar-refractivity contribution is 0.284. The maximum absolute atomic E-state index is 5.65. The van der Waals surface area contributed by atoms with Crippen LogP contribution in [0.4, 0.5) is 11.8 Å². The van der Waals surface area contributed by atoms with Crippen LogP contribution in [0.15, 0.2) is 10.7 Å². The first-order chi connectivity index (χ1) is 8.56. The molecular formula is C12H20BrN5. The molecule has 2 N–H and O–H groups in total. The van der Waals surface area contributed by atoms with Crippen molar-refractivity contribution in [3.8, 4) is 0 Å². The molecule has 0 saturated carbocycles. The molecule has 1 aromatic rings. The maximum atomic E-state index is 5.65. The average molecular weight is 314 g/mol. The highest BCUT2D eigenvalue weighted by atomic mass is 79.9. The van der Waals surface area contributed by atoms with E-state index in [1.165, 1.54) is 19.4 Å². The third kappa shape index (κ3) is 3.32. The molecule has 6 heteroatoms. The summed E-state index contributed by atoms with van der Waals surface area (Å²) in [5.41, 5.74) is 5.65. The predicted octanol–water partition coefficient (Wildman–Crippen LogP) is 1.60. The van der Waals surface area contributed by atoms with Gasteiger partial charge in [0.25, 0.3) is 0 Å². The van der Waals surface area contributed by atoms with Gasteiger partial charge >= 0.3 is 0 Å². The molecule has 0 amide bonds. The van der Waals surface area contributed by atoms with Crippen molar-refractivity contribution >= 4 is 27.7 Å². The van der Waals surface area contributed by atoms with E-state index in [4.69, 9.17) is 5.73 Å². The Balaban J connectivity index is 1.99. The van der Waals surface area contributed by atoms with E-state index in [1.54, 1.807) is 6.20 Å². The van der Waals surface area contributed by atoms with E-state index in [0.717, 1.165) is 29.3 Å². The molecule has 0 spiro atoms. The van der Waals surface area contributed by atoms with Crippen molar-refractivity contribution < 1.29 is 0 Å². The van der Waals surface area contributed by atoms with Crippen LogP contribution in [-0.4, -0.2) is 48.6 Å². The number of nitrogens with zero attached hydrogens (tertiary/aromatic N) is 4. The summed E-state index contributed by atoms with van der Waals surface area (Å²) in [6.07, 6.45) is 4.13. The molecule has 1 saturated heterocycles. The number of hydrogen-bond donors (Lipinski definition) is 1. The zero-order valence-corrected chi connectivity index (χ0v) is 12.5. The quantitative estimate of drug-likeness (QED) is 0.918. The molecule has 5 nitrogen and oxygen atoms in total. The summed E-state index contributed by atoms with van der Waals surface area (Å²) in [6.45, 7) is 3.24. The molecule has 1 aliphatic rings. The summed E-state index contributed by atoms with van der Waals surface area (Å²) in [5, 5.41) is 0. The van der Waals surface area contributed by atoms with Crippen molar-refractivity contribution in [3.05, 3.63) is 10.7 Å². The van der Waals surface area contributed by atoms with Crippen LogP contribution in [0.1, 0.15) is 12.8 Å². The Kier molecular flexibility index (Phi) is 4.40. The zero-order chi connectivity index (χ0) is 13.1. The molecule has 18 heavy (non-hydrogen) atoms. The molecule has 2 heterocycles. The first kappa shape index (κ1) is 13.5. The minimum Gasteiger partial charge on any atom is -0.368 e. The molecule has 100 valence electrons. The van der Waals surface area contributed by atoms with E-state index in [2.05, 4.69) is 49.8 Å². The number of nitrogen functional groups attached to an aromatic ring is 1. The van der Waals surface area contributed by atoms with Gasteiger partial charge in [-0.3, -0.25) is 0 Å². The number of halogens is 1. The van der Waals surface area contributed by atoms with Crippen molar-refractivity contribution in [3.63, 3.8) is 0 Å². The van der Waals surface area contributed by atoms with Gasteiger partial charge in [0.1, 0.15) is 5.82 Å². The fraction of sp³-hybridized carbons (Fsp3) is 0.667. The van der Waals surface area contributed by atoms with Crippen LogP contribution in [0.25, 0.3) is 0 Å². The van der Waals surface area contributed by atoms with E-state index in [0.29, 0.717) is 5.95 Å².